The smallest absolute Gasteiger partial charge is 0.231 e. The molecule has 2 aromatic rings. The molecule has 0 bridgehead atoms. The fraction of sp³-hybridized carbons (Fsp3) is 0.409. The average molecular weight is 509 g/mol. The highest BCUT2D eigenvalue weighted by Crippen LogP contribution is 2.39. The zero-order valence-electron chi connectivity index (χ0n) is 17.0. The summed E-state index contributed by atoms with van der Waals surface area (Å²) in [5, 5.41) is 6.98. The van der Waals surface area contributed by atoms with Crippen LogP contribution in [-0.2, 0) is 6.42 Å². The van der Waals surface area contributed by atoms with Crippen LogP contribution in [0.5, 0.6) is 17.2 Å². The van der Waals surface area contributed by atoms with Gasteiger partial charge in [-0.05, 0) is 44.0 Å². The van der Waals surface area contributed by atoms with Crippen LogP contribution in [0.3, 0.4) is 0 Å². The van der Waals surface area contributed by atoms with E-state index in [1.165, 1.54) is 11.1 Å². The van der Waals surface area contributed by atoms with Crippen molar-refractivity contribution in [2.45, 2.75) is 38.3 Å². The number of guanidine groups is 1. The summed E-state index contributed by atoms with van der Waals surface area (Å²) in [5.41, 5.74) is 2.14. The summed E-state index contributed by atoms with van der Waals surface area (Å²) < 4.78 is 16.9. The predicted molar refractivity (Wildman–Crippen MR) is 125 cm³/mol. The van der Waals surface area contributed by atoms with Crippen molar-refractivity contribution in [3.63, 3.8) is 0 Å². The number of nitrogens with one attached hydrogen (secondary N) is 2. The minimum Gasteiger partial charge on any atom is -0.487 e. The standard InChI is InChI=1S/C22H27N3O3.HI/c1-22(2)13-17(16-6-4-5-7-18(16)28-22)25-21(23-3)24-11-10-15-8-9-19-20(12-15)27-14-26-19;/h4-9,12,17H,10-11,13-14H2,1-3H3,(H2,23,24,25);1H. The molecule has 2 N–H and O–H groups in total. The highest BCUT2D eigenvalue weighted by molar-refractivity contribution is 14.0. The topological polar surface area (TPSA) is 64.1 Å². The van der Waals surface area contributed by atoms with Gasteiger partial charge in [0.25, 0.3) is 0 Å². The number of para-hydroxylation sites is 1. The van der Waals surface area contributed by atoms with Crippen molar-refractivity contribution >= 4 is 29.9 Å². The van der Waals surface area contributed by atoms with Gasteiger partial charge < -0.3 is 24.8 Å². The third kappa shape index (κ3) is 5.07. The molecule has 0 aliphatic carbocycles. The van der Waals surface area contributed by atoms with E-state index >= 15 is 0 Å². The lowest BCUT2D eigenvalue weighted by Gasteiger charge is -2.38. The first-order chi connectivity index (χ1) is 13.5. The van der Waals surface area contributed by atoms with E-state index in [4.69, 9.17) is 14.2 Å². The Morgan fingerprint density at radius 1 is 1.10 bits per heavy atom. The maximum atomic E-state index is 6.12. The van der Waals surface area contributed by atoms with Gasteiger partial charge in [0.15, 0.2) is 17.5 Å². The van der Waals surface area contributed by atoms with E-state index in [1.54, 1.807) is 7.05 Å². The fourth-order valence-electron chi connectivity index (χ4n) is 3.71. The van der Waals surface area contributed by atoms with E-state index in [-0.39, 0.29) is 35.6 Å². The molecule has 2 aliphatic rings. The van der Waals surface area contributed by atoms with Crippen LogP contribution in [0.4, 0.5) is 0 Å². The molecule has 0 fully saturated rings. The van der Waals surface area contributed by atoms with E-state index in [0.717, 1.165) is 42.6 Å². The summed E-state index contributed by atoms with van der Waals surface area (Å²) in [5.74, 6) is 3.36. The van der Waals surface area contributed by atoms with Crippen molar-refractivity contribution in [3.05, 3.63) is 53.6 Å². The minimum absolute atomic E-state index is 0. The summed E-state index contributed by atoms with van der Waals surface area (Å²) in [4.78, 5) is 4.40. The Labute approximate surface area is 189 Å². The second-order valence-corrected chi connectivity index (χ2v) is 7.74. The summed E-state index contributed by atoms with van der Waals surface area (Å²) in [6, 6.07) is 14.4. The molecule has 0 saturated carbocycles. The van der Waals surface area contributed by atoms with Gasteiger partial charge >= 0.3 is 0 Å². The summed E-state index contributed by atoms with van der Waals surface area (Å²) >= 11 is 0. The molecule has 2 aromatic carbocycles. The molecule has 2 heterocycles. The van der Waals surface area contributed by atoms with Gasteiger partial charge in [-0.1, -0.05) is 24.3 Å². The lowest BCUT2D eigenvalue weighted by Crippen LogP contribution is -2.45. The molecule has 6 nitrogen and oxygen atoms in total. The van der Waals surface area contributed by atoms with Gasteiger partial charge in [-0.3, -0.25) is 4.99 Å². The molecule has 0 spiro atoms. The van der Waals surface area contributed by atoms with Gasteiger partial charge in [0.2, 0.25) is 6.79 Å². The van der Waals surface area contributed by atoms with Gasteiger partial charge in [0.1, 0.15) is 11.4 Å². The number of fused-ring (bicyclic) bond motifs is 2. The van der Waals surface area contributed by atoms with Crippen LogP contribution in [0.15, 0.2) is 47.5 Å². The van der Waals surface area contributed by atoms with Gasteiger partial charge in [0.05, 0.1) is 6.04 Å². The number of halogens is 1. The van der Waals surface area contributed by atoms with E-state index in [0.29, 0.717) is 6.79 Å². The van der Waals surface area contributed by atoms with Crippen LogP contribution in [0.25, 0.3) is 0 Å². The maximum Gasteiger partial charge on any atom is 0.231 e. The molecule has 1 atom stereocenters. The SMILES string of the molecule is CN=C(NCCc1ccc2c(c1)OCO2)NC1CC(C)(C)Oc2ccccc21.I. The highest BCUT2D eigenvalue weighted by Gasteiger charge is 2.33. The third-order valence-electron chi connectivity index (χ3n) is 5.05. The number of ether oxygens (including phenoxy) is 3. The van der Waals surface area contributed by atoms with Crippen LogP contribution < -0.4 is 24.8 Å². The van der Waals surface area contributed by atoms with Crippen LogP contribution in [0, 0.1) is 0 Å². The van der Waals surface area contributed by atoms with Crippen molar-refractivity contribution in [2.24, 2.45) is 4.99 Å². The quantitative estimate of drug-likeness (QED) is 0.370. The van der Waals surface area contributed by atoms with Gasteiger partial charge in [0, 0.05) is 25.6 Å². The first-order valence-corrected chi connectivity index (χ1v) is 9.68. The Bertz CT molecular complexity index is 885. The normalized spacial score (nSPS) is 18.9. The summed E-state index contributed by atoms with van der Waals surface area (Å²) in [7, 11) is 1.80. The van der Waals surface area contributed by atoms with Crippen LogP contribution in [0.1, 0.15) is 37.4 Å². The second-order valence-electron chi connectivity index (χ2n) is 7.74. The number of hydrogen-bond donors (Lipinski definition) is 2. The summed E-state index contributed by atoms with van der Waals surface area (Å²) in [6.45, 7) is 5.31. The van der Waals surface area contributed by atoms with Crippen molar-refractivity contribution < 1.29 is 14.2 Å². The zero-order valence-corrected chi connectivity index (χ0v) is 19.4. The number of aliphatic imine (C=N–C) groups is 1. The van der Waals surface area contributed by atoms with Crippen LogP contribution >= 0.6 is 24.0 Å². The van der Waals surface area contributed by atoms with E-state index in [9.17, 15) is 0 Å². The number of hydrogen-bond acceptors (Lipinski definition) is 4. The molecule has 29 heavy (non-hydrogen) atoms. The second kappa shape index (κ2) is 9.11. The van der Waals surface area contributed by atoms with Crippen molar-refractivity contribution in [1.29, 1.82) is 0 Å². The molecular weight excluding hydrogens is 481 g/mol. The molecule has 1 unspecified atom stereocenters. The molecule has 156 valence electrons. The van der Waals surface area contributed by atoms with Crippen molar-refractivity contribution in [1.82, 2.24) is 10.6 Å². The van der Waals surface area contributed by atoms with Crippen LogP contribution in [0.2, 0.25) is 0 Å². The molecule has 0 amide bonds. The first-order valence-electron chi connectivity index (χ1n) is 9.68. The number of rotatable bonds is 4. The summed E-state index contributed by atoms with van der Waals surface area (Å²) in [6.07, 6.45) is 1.74. The van der Waals surface area contributed by atoms with Gasteiger partial charge in [-0.2, -0.15) is 0 Å². The molecule has 7 heteroatoms. The molecule has 0 saturated heterocycles. The monoisotopic (exact) mass is 509 g/mol. The van der Waals surface area contributed by atoms with Crippen molar-refractivity contribution in [2.75, 3.05) is 20.4 Å². The fourth-order valence-corrected chi connectivity index (χ4v) is 3.71. The minimum atomic E-state index is -0.225. The van der Waals surface area contributed by atoms with Gasteiger partial charge in [-0.25, -0.2) is 0 Å². The van der Waals surface area contributed by atoms with Crippen molar-refractivity contribution in [3.8, 4) is 17.2 Å². The number of nitrogens with zero attached hydrogens (tertiary/aromatic N) is 1. The molecule has 4 rings (SSSR count). The Hall–Kier alpha value is -2.16. The van der Waals surface area contributed by atoms with Crippen LogP contribution in [-0.4, -0.2) is 31.9 Å². The third-order valence-corrected chi connectivity index (χ3v) is 5.05. The first kappa shape index (κ1) is 21.5. The van der Waals surface area contributed by atoms with Gasteiger partial charge in [-0.15, -0.1) is 24.0 Å². The lowest BCUT2D eigenvalue weighted by molar-refractivity contribution is 0.0694. The molecule has 0 aromatic heterocycles. The Morgan fingerprint density at radius 2 is 1.90 bits per heavy atom. The van der Waals surface area contributed by atoms with E-state index in [1.807, 2.05) is 30.3 Å². The van der Waals surface area contributed by atoms with E-state index in [2.05, 4.69) is 41.6 Å². The molecule has 2 aliphatic heterocycles. The van der Waals surface area contributed by atoms with E-state index < -0.39 is 0 Å². The molecular formula is C22H28IN3O3. The Balaban J connectivity index is 0.00000240. The Kier molecular flexibility index (Phi) is 6.77. The largest absolute Gasteiger partial charge is 0.487 e. The predicted octanol–water partition coefficient (Wildman–Crippen LogP) is 4.04. The lowest BCUT2D eigenvalue weighted by atomic mass is 9.90. The number of benzene rings is 2. The Morgan fingerprint density at radius 3 is 2.72 bits per heavy atom. The molecule has 0 radical (unpaired) electrons. The zero-order chi connectivity index (χ0) is 19.6. The highest BCUT2D eigenvalue weighted by atomic mass is 127. The average Bonchev–Trinajstić information content (AvgIpc) is 3.14. The maximum absolute atomic E-state index is 6.12.